The van der Waals surface area contributed by atoms with Crippen molar-refractivity contribution in [2.24, 2.45) is 0 Å². The maximum atomic E-state index is 3.82. The van der Waals surface area contributed by atoms with Gasteiger partial charge in [-0.25, -0.2) is 0 Å². The summed E-state index contributed by atoms with van der Waals surface area (Å²) in [5.74, 6) is 0. The second kappa shape index (κ2) is 4.77. The van der Waals surface area contributed by atoms with Crippen molar-refractivity contribution in [3.8, 4) is 0 Å². The van der Waals surface area contributed by atoms with Gasteiger partial charge >= 0.3 is 0 Å². The Labute approximate surface area is 111 Å². The molecular weight excluding hydrogens is 222 g/mol. The van der Waals surface area contributed by atoms with Gasteiger partial charge in [-0.3, -0.25) is 4.90 Å². The Morgan fingerprint density at radius 1 is 0.722 bits per heavy atom. The summed E-state index contributed by atoms with van der Waals surface area (Å²) in [4.78, 5) is 5.54. The topological polar surface area (TPSA) is 18.5 Å². The fraction of sp³-hybridized carbons (Fsp3) is 1.00. The average Bonchev–Trinajstić information content (AvgIpc) is 2.91. The van der Waals surface area contributed by atoms with Gasteiger partial charge in [-0.05, 0) is 58.0 Å². The van der Waals surface area contributed by atoms with Crippen LogP contribution in [0, 0.1) is 0 Å². The van der Waals surface area contributed by atoms with Gasteiger partial charge < -0.3 is 10.2 Å². The Balaban J connectivity index is 1.31. The van der Waals surface area contributed by atoms with Crippen molar-refractivity contribution in [2.45, 2.75) is 69.1 Å². The second-order valence-electron chi connectivity index (χ2n) is 6.93. The third-order valence-corrected chi connectivity index (χ3v) is 5.58. The van der Waals surface area contributed by atoms with Crippen molar-refractivity contribution in [2.75, 3.05) is 26.2 Å². The molecule has 1 N–H and O–H groups in total. The summed E-state index contributed by atoms with van der Waals surface area (Å²) >= 11 is 0. The molecule has 4 aliphatic rings. The van der Waals surface area contributed by atoms with Crippen LogP contribution >= 0.6 is 0 Å². The highest BCUT2D eigenvalue weighted by atomic mass is 15.3. The molecule has 0 radical (unpaired) electrons. The quantitative estimate of drug-likeness (QED) is 0.816. The number of piperidine rings is 1. The first-order valence-corrected chi connectivity index (χ1v) is 8.12. The van der Waals surface area contributed by atoms with E-state index in [4.69, 9.17) is 0 Å². The molecule has 4 rings (SSSR count). The number of hydrogen-bond donors (Lipinski definition) is 1. The molecule has 18 heavy (non-hydrogen) atoms. The standard InChI is InChI=1S/C15H27N3/c1-2-14-10-15(6-9-17(14)7-1)18-8-5-13(11-18)16-12-3-4-12/h12-16H,1-11H2. The van der Waals surface area contributed by atoms with Gasteiger partial charge in [0.15, 0.2) is 0 Å². The average molecular weight is 249 g/mol. The molecule has 3 aliphatic heterocycles. The molecule has 0 aromatic heterocycles. The van der Waals surface area contributed by atoms with E-state index >= 15 is 0 Å². The zero-order chi connectivity index (χ0) is 11.9. The van der Waals surface area contributed by atoms with Crippen LogP contribution in [0.4, 0.5) is 0 Å². The lowest BCUT2D eigenvalue weighted by atomic mass is 9.96. The fourth-order valence-corrected chi connectivity index (χ4v) is 4.37. The third-order valence-electron chi connectivity index (χ3n) is 5.58. The molecule has 1 saturated carbocycles. The Morgan fingerprint density at radius 3 is 2.44 bits per heavy atom. The van der Waals surface area contributed by atoms with Crippen LogP contribution in [-0.4, -0.2) is 60.1 Å². The molecule has 0 bridgehead atoms. The Kier molecular flexibility index (Phi) is 3.10. The first-order chi connectivity index (χ1) is 8.88. The van der Waals surface area contributed by atoms with Crippen molar-refractivity contribution in [1.82, 2.24) is 15.1 Å². The van der Waals surface area contributed by atoms with Gasteiger partial charge in [-0.1, -0.05) is 0 Å². The second-order valence-corrected chi connectivity index (χ2v) is 6.93. The third kappa shape index (κ3) is 2.33. The van der Waals surface area contributed by atoms with Crippen LogP contribution in [0.3, 0.4) is 0 Å². The Morgan fingerprint density at radius 2 is 1.56 bits per heavy atom. The van der Waals surface area contributed by atoms with Gasteiger partial charge in [-0.15, -0.1) is 0 Å². The lowest BCUT2D eigenvalue weighted by Gasteiger charge is -2.39. The minimum Gasteiger partial charge on any atom is -0.310 e. The summed E-state index contributed by atoms with van der Waals surface area (Å²) in [5.41, 5.74) is 0. The lowest BCUT2D eigenvalue weighted by Crippen LogP contribution is -2.47. The zero-order valence-electron chi connectivity index (χ0n) is 11.5. The molecule has 3 saturated heterocycles. The van der Waals surface area contributed by atoms with Gasteiger partial charge in [0.25, 0.3) is 0 Å². The highest BCUT2D eigenvalue weighted by molar-refractivity contribution is 4.95. The maximum Gasteiger partial charge on any atom is 0.0209 e. The largest absolute Gasteiger partial charge is 0.310 e. The Bertz CT molecular complexity index is 302. The smallest absolute Gasteiger partial charge is 0.0209 e. The molecule has 3 unspecified atom stereocenters. The molecule has 3 nitrogen and oxygen atoms in total. The van der Waals surface area contributed by atoms with Crippen molar-refractivity contribution >= 4 is 0 Å². The molecule has 102 valence electrons. The van der Waals surface area contributed by atoms with Crippen LogP contribution in [0.15, 0.2) is 0 Å². The summed E-state index contributed by atoms with van der Waals surface area (Å²) in [6, 6.07) is 3.51. The van der Waals surface area contributed by atoms with Crippen LogP contribution in [0.5, 0.6) is 0 Å². The van der Waals surface area contributed by atoms with E-state index in [1.165, 1.54) is 71.1 Å². The van der Waals surface area contributed by atoms with Crippen molar-refractivity contribution in [3.05, 3.63) is 0 Å². The van der Waals surface area contributed by atoms with Gasteiger partial charge in [-0.2, -0.15) is 0 Å². The van der Waals surface area contributed by atoms with Crippen LogP contribution < -0.4 is 5.32 Å². The van der Waals surface area contributed by atoms with E-state index in [1.807, 2.05) is 0 Å². The molecular formula is C15H27N3. The van der Waals surface area contributed by atoms with Crippen LogP contribution in [0.1, 0.15) is 44.9 Å². The van der Waals surface area contributed by atoms with Crippen molar-refractivity contribution in [1.29, 1.82) is 0 Å². The first-order valence-electron chi connectivity index (χ1n) is 8.12. The molecule has 0 aromatic rings. The highest BCUT2D eigenvalue weighted by Crippen LogP contribution is 2.31. The van der Waals surface area contributed by atoms with Gasteiger partial charge in [0.1, 0.15) is 0 Å². The molecule has 1 aliphatic carbocycles. The highest BCUT2D eigenvalue weighted by Gasteiger charge is 2.37. The van der Waals surface area contributed by atoms with Crippen molar-refractivity contribution < 1.29 is 0 Å². The molecule has 3 atom stereocenters. The summed E-state index contributed by atoms with van der Waals surface area (Å²) in [5, 5.41) is 3.82. The number of nitrogens with one attached hydrogen (secondary N) is 1. The summed E-state index contributed by atoms with van der Waals surface area (Å²) in [6.07, 6.45) is 10.0. The van der Waals surface area contributed by atoms with Crippen LogP contribution in [-0.2, 0) is 0 Å². The minimum atomic E-state index is 0.805. The maximum absolute atomic E-state index is 3.82. The van der Waals surface area contributed by atoms with Gasteiger partial charge in [0.05, 0.1) is 0 Å². The van der Waals surface area contributed by atoms with E-state index in [-0.39, 0.29) is 0 Å². The van der Waals surface area contributed by atoms with E-state index < -0.39 is 0 Å². The van der Waals surface area contributed by atoms with Gasteiger partial charge in [0.2, 0.25) is 0 Å². The predicted molar refractivity (Wildman–Crippen MR) is 73.8 cm³/mol. The number of rotatable bonds is 3. The minimum absolute atomic E-state index is 0.805. The SMILES string of the molecule is C1CC2CC(N3CCC(NC4CC4)C3)CCN2C1. The lowest BCUT2D eigenvalue weighted by molar-refractivity contribution is 0.102. The molecule has 4 fully saturated rings. The number of hydrogen-bond acceptors (Lipinski definition) is 3. The first kappa shape index (κ1) is 11.7. The zero-order valence-corrected chi connectivity index (χ0v) is 11.5. The molecule has 0 aromatic carbocycles. The van der Waals surface area contributed by atoms with E-state index in [2.05, 4.69) is 15.1 Å². The van der Waals surface area contributed by atoms with E-state index in [0.29, 0.717) is 0 Å². The summed E-state index contributed by atoms with van der Waals surface area (Å²) in [6.45, 7) is 5.42. The molecule has 3 heteroatoms. The summed E-state index contributed by atoms with van der Waals surface area (Å²) < 4.78 is 0. The normalized spacial score (nSPS) is 42.3. The van der Waals surface area contributed by atoms with Crippen LogP contribution in [0.25, 0.3) is 0 Å². The van der Waals surface area contributed by atoms with E-state index in [0.717, 1.165) is 24.2 Å². The van der Waals surface area contributed by atoms with Gasteiger partial charge in [0, 0.05) is 37.3 Å². The number of nitrogens with zero attached hydrogens (tertiary/aromatic N) is 2. The van der Waals surface area contributed by atoms with Crippen LogP contribution in [0.2, 0.25) is 0 Å². The van der Waals surface area contributed by atoms with E-state index in [9.17, 15) is 0 Å². The molecule has 3 heterocycles. The number of fused-ring (bicyclic) bond motifs is 1. The molecule has 0 amide bonds. The monoisotopic (exact) mass is 249 g/mol. The summed E-state index contributed by atoms with van der Waals surface area (Å²) in [7, 11) is 0. The molecule has 0 spiro atoms. The fourth-order valence-electron chi connectivity index (χ4n) is 4.37. The van der Waals surface area contributed by atoms with E-state index in [1.54, 1.807) is 0 Å². The van der Waals surface area contributed by atoms with Crippen molar-refractivity contribution in [3.63, 3.8) is 0 Å². The predicted octanol–water partition coefficient (Wildman–Crippen LogP) is 1.44. The number of likely N-dealkylation sites (tertiary alicyclic amines) is 1. The Hall–Kier alpha value is -0.120.